The van der Waals surface area contributed by atoms with Crippen molar-refractivity contribution in [2.75, 3.05) is 32.1 Å². The quantitative estimate of drug-likeness (QED) is 0.630. The van der Waals surface area contributed by atoms with Crippen LogP contribution in [0.4, 0.5) is 10.5 Å². The summed E-state index contributed by atoms with van der Waals surface area (Å²) in [6.45, 7) is 0.652. The van der Waals surface area contributed by atoms with Crippen molar-refractivity contribution in [2.45, 2.75) is 6.92 Å². The fraction of sp³-hybridized carbons (Fsp3) is 0.333. The zero-order chi connectivity index (χ0) is 17.9. The molecule has 0 saturated carbocycles. The molecule has 0 atom stereocenters. The van der Waals surface area contributed by atoms with E-state index in [-0.39, 0.29) is 6.54 Å². The van der Waals surface area contributed by atoms with Crippen LogP contribution in [-0.2, 0) is 19.1 Å². The van der Waals surface area contributed by atoms with Crippen LogP contribution in [0.25, 0.3) is 0 Å². The number of nitrogens with zero attached hydrogens (tertiary/aromatic N) is 2. The van der Waals surface area contributed by atoms with Crippen LogP contribution in [-0.4, -0.2) is 60.4 Å². The summed E-state index contributed by atoms with van der Waals surface area (Å²) < 4.78 is 4.79. The van der Waals surface area contributed by atoms with Gasteiger partial charge >= 0.3 is 12.0 Å². The Labute approximate surface area is 143 Å². The number of imide groups is 1. The third-order valence-electron chi connectivity index (χ3n) is 3.34. The fourth-order valence-electron chi connectivity index (χ4n) is 2.10. The highest BCUT2D eigenvalue weighted by Gasteiger charge is 2.35. The number of likely N-dealkylation sites (N-methyl/N-ethyl adjacent to an activating group) is 1. The normalized spacial score (nSPS) is 14.1. The van der Waals surface area contributed by atoms with Gasteiger partial charge in [-0.25, -0.2) is 4.79 Å². The summed E-state index contributed by atoms with van der Waals surface area (Å²) in [6, 6.07) is 4.37. The molecule has 1 saturated heterocycles. The van der Waals surface area contributed by atoms with Gasteiger partial charge in [0, 0.05) is 17.8 Å². The summed E-state index contributed by atoms with van der Waals surface area (Å²) in [5.74, 6) is -1.86. The zero-order valence-electron chi connectivity index (χ0n) is 13.2. The van der Waals surface area contributed by atoms with Crippen molar-refractivity contribution in [3.8, 4) is 0 Å². The van der Waals surface area contributed by atoms with Crippen molar-refractivity contribution in [2.24, 2.45) is 0 Å². The maximum Gasteiger partial charge on any atom is 0.327 e. The van der Waals surface area contributed by atoms with Gasteiger partial charge < -0.3 is 15.0 Å². The van der Waals surface area contributed by atoms with Crippen LogP contribution in [0.15, 0.2) is 18.2 Å². The van der Waals surface area contributed by atoms with Gasteiger partial charge in [0.1, 0.15) is 13.1 Å². The molecule has 0 radical (unpaired) electrons. The molecule has 9 heteroatoms. The first kappa shape index (κ1) is 17.7. The Balaban J connectivity index is 1.82. The van der Waals surface area contributed by atoms with Gasteiger partial charge in [0.15, 0.2) is 6.61 Å². The molecule has 2 rings (SSSR count). The molecule has 1 aliphatic heterocycles. The Morgan fingerprint density at radius 1 is 1.33 bits per heavy atom. The second-order valence-corrected chi connectivity index (χ2v) is 5.72. The van der Waals surface area contributed by atoms with E-state index in [4.69, 9.17) is 16.3 Å². The van der Waals surface area contributed by atoms with Gasteiger partial charge in [0.25, 0.3) is 11.8 Å². The summed E-state index contributed by atoms with van der Waals surface area (Å²) in [5.41, 5.74) is 1.31. The molecule has 0 spiro atoms. The summed E-state index contributed by atoms with van der Waals surface area (Å²) in [4.78, 5) is 48.6. The molecule has 8 nitrogen and oxygen atoms in total. The number of carbonyl (C=O) groups excluding carboxylic acids is 4. The Morgan fingerprint density at radius 2 is 2.04 bits per heavy atom. The van der Waals surface area contributed by atoms with E-state index in [1.165, 1.54) is 11.9 Å². The predicted molar refractivity (Wildman–Crippen MR) is 85.5 cm³/mol. The van der Waals surface area contributed by atoms with Gasteiger partial charge in [-0.15, -0.1) is 0 Å². The standard InChI is InChI=1S/C15H16ClN3O5/c1-9-5-10(16)3-4-11(9)17-12(20)8-24-14(22)7-19-13(21)6-18(2)15(19)23/h3-5H,6-8H2,1-2H3,(H,17,20). The SMILES string of the molecule is Cc1cc(Cl)ccc1NC(=O)COC(=O)CN1C(=O)CN(C)C1=O. The Hall–Kier alpha value is -2.61. The van der Waals surface area contributed by atoms with Gasteiger partial charge in [-0.05, 0) is 30.7 Å². The van der Waals surface area contributed by atoms with Gasteiger partial charge in [-0.1, -0.05) is 11.6 Å². The van der Waals surface area contributed by atoms with E-state index < -0.39 is 37.0 Å². The number of nitrogens with one attached hydrogen (secondary N) is 1. The van der Waals surface area contributed by atoms with Gasteiger partial charge in [-0.2, -0.15) is 0 Å². The summed E-state index contributed by atoms with van der Waals surface area (Å²) in [6.07, 6.45) is 0. The van der Waals surface area contributed by atoms with Crippen molar-refractivity contribution in [3.05, 3.63) is 28.8 Å². The molecule has 1 N–H and O–H groups in total. The zero-order valence-corrected chi connectivity index (χ0v) is 13.9. The Morgan fingerprint density at radius 3 is 2.62 bits per heavy atom. The topological polar surface area (TPSA) is 96.0 Å². The molecule has 24 heavy (non-hydrogen) atoms. The van der Waals surface area contributed by atoms with Crippen LogP contribution in [0, 0.1) is 6.92 Å². The smallest absolute Gasteiger partial charge is 0.327 e. The van der Waals surface area contributed by atoms with E-state index in [1.807, 2.05) is 0 Å². The third kappa shape index (κ3) is 4.23. The number of hydrogen-bond acceptors (Lipinski definition) is 5. The minimum Gasteiger partial charge on any atom is -0.454 e. The number of esters is 1. The van der Waals surface area contributed by atoms with Crippen molar-refractivity contribution >= 4 is 41.1 Å². The van der Waals surface area contributed by atoms with Crippen molar-refractivity contribution < 1.29 is 23.9 Å². The van der Waals surface area contributed by atoms with E-state index in [2.05, 4.69) is 5.32 Å². The van der Waals surface area contributed by atoms with E-state index >= 15 is 0 Å². The van der Waals surface area contributed by atoms with Crippen molar-refractivity contribution in [3.63, 3.8) is 0 Å². The largest absolute Gasteiger partial charge is 0.454 e. The number of halogens is 1. The lowest BCUT2D eigenvalue weighted by molar-refractivity contribution is -0.149. The third-order valence-corrected chi connectivity index (χ3v) is 3.58. The first-order chi connectivity index (χ1) is 11.3. The van der Waals surface area contributed by atoms with Crippen molar-refractivity contribution in [1.29, 1.82) is 0 Å². The van der Waals surface area contributed by atoms with E-state index in [0.29, 0.717) is 10.7 Å². The molecule has 1 aromatic rings. The second-order valence-electron chi connectivity index (χ2n) is 5.29. The van der Waals surface area contributed by atoms with Gasteiger partial charge in [-0.3, -0.25) is 19.3 Å². The lowest BCUT2D eigenvalue weighted by Crippen LogP contribution is -2.37. The molecule has 1 heterocycles. The van der Waals surface area contributed by atoms with E-state index in [0.717, 1.165) is 10.5 Å². The van der Waals surface area contributed by atoms with Crippen LogP contribution in [0.5, 0.6) is 0 Å². The molecule has 1 fully saturated rings. The minimum absolute atomic E-state index is 0.0809. The minimum atomic E-state index is -0.838. The monoisotopic (exact) mass is 353 g/mol. The van der Waals surface area contributed by atoms with Crippen LogP contribution >= 0.6 is 11.6 Å². The maximum atomic E-state index is 11.8. The van der Waals surface area contributed by atoms with Crippen LogP contribution < -0.4 is 5.32 Å². The van der Waals surface area contributed by atoms with Crippen LogP contribution in [0.2, 0.25) is 5.02 Å². The number of carbonyl (C=O) groups is 4. The van der Waals surface area contributed by atoms with E-state index in [1.54, 1.807) is 25.1 Å². The predicted octanol–water partition coefficient (Wildman–Crippen LogP) is 1.02. The average Bonchev–Trinajstić information content (AvgIpc) is 2.74. The lowest BCUT2D eigenvalue weighted by atomic mass is 10.2. The molecule has 0 bridgehead atoms. The molecule has 1 aliphatic rings. The number of urea groups is 1. The number of anilines is 1. The number of aryl methyl sites for hydroxylation is 1. The molecular formula is C15H16ClN3O5. The molecule has 4 amide bonds. The lowest BCUT2D eigenvalue weighted by Gasteiger charge is -2.13. The average molecular weight is 354 g/mol. The summed E-state index contributed by atoms with van der Waals surface area (Å²) in [7, 11) is 1.45. The number of amides is 4. The molecule has 0 aliphatic carbocycles. The summed E-state index contributed by atoms with van der Waals surface area (Å²) in [5, 5.41) is 3.12. The second kappa shape index (κ2) is 7.31. The molecular weight excluding hydrogens is 338 g/mol. The number of rotatable bonds is 5. The Kier molecular flexibility index (Phi) is 5.40. The molecule has 0 unspecified atom stereocenters. The summed E-state index contributed by atoms with van der Waals surface area (Å²) >= 11 is 5.83. The maximum absolute atomic E-state index is 11.8. The first-order valence-electron chi connectivity index (χ1n) is 7.05. The number of benzene rings is 1. The first-order valence-corrected chi connectivity index (χ1v) is 7.43. The molecule has 128 valence electrons. The van der Waals surface area contributed by atoms with Crippen LogP contribution in [0.1, 0.15) is 5.56 Å². The van der Waals surface area contributed by atoms with Crippen molar-refractivity contribution in [1.82, 2.24) is 9.80 Å². The Bertz CT molecular complexity index is 706. The highest BCUT2D eigenvalue weighted by atomic mass is 35.5. The highest BCUT2D eigenvalue weighted by molar-refractivity contribution is 6.30. The number of hydrogen-bond donors (Lipinski definition) is 1. The molecule has 0 aromatic heterocycles. The van der Waals surface area contributed by atoms with Gasteiger partial charge in [0.2, 0.25) is 0 Å². The fourth-order valence-corrected chi connectivity index (χ4v) is 2.33. The highest BCUT2D eigenvalue weighted by Crippen LogP contribution is 2.19. The van der Waals surface area contributed by atoms with E-state index in [9.17, 15) is 19.2 Å². The number of ether oxygens (including phenoxy) is 1. The van der Waals surface area contributed by atoms with Gasteiger partial charge in [0.05, 0.1) is 0 Å². The molecule has 1 aromatic carbocycles. The van der Waals surface area contributed by atoms with Crippen LogP contribution in [0.3, 0.4) is 0 Å².